The lowest BCUT2D eigenvalue weighted by Crippen LogP contribution is -2.28. The summed E-state index contributed by atoms with van der Waals surface area (Å²) < 4.78 is 16.4. The van der Waals surface area contributed by atoms with Crippen LogP contribution in [0.3, 0.4) is 0 Å². The fourth-order valence-corrected chi connectivity index (χ4v) is 3.61. The number of rotatable bonds is 6. The number of fused-ring (bicyclic) bond motifs is 1. The number of carbonyl (C=O) groups excluding carboxylic acids is 3. The van der Waals surface area contributed by atoms with Crippen LogP contribution in [0.15, 0.2) is 69.7 Å². The van der Waals surface area contributed by atoms with Gasteiger partial charge in [-0.15, -0.1) is 10.2 Å². The van der Waals surface area contributed by atoms with Gasteiger partial charge in [0.1, 0.15) is 5.76 Å². The van der Waals surface area contributed by atoms with Crippen molar-refractivity contribution in [1.82, 2.24) is 15.1 Å². The molecule has 1 aliphatic rings. The molecule has 5 rings (SSSR count). The van der Waals surface area contributed by atoms with Crippen molar-refractivity contribution in [2.75, 3.05) is 0 Å². The van der Waals surface area contributed by atoms with Crippen LogP contribution in [0, 0.1) is 6.92 Å². The zero-order valence-electron chi connectivity index (χ0n) is 18.3. The first kappa shape index (κ1) is 21.3. The van der Waals surface area contributed by atoms with E-state index in [-0.39, 0.29) is 29.1 Å². The number of esters is 1. The number of hydrogen-bond donors (Lipinski definition) is 0. The van der Waals surface area contributed by atoms with E-state index in [1.54, 1.807) is 19.1 Å². The second kappa shape index (κ2) is 8.43. The molecule has 1 atom stereocenters. The van der Waals surface area contributed by atoms with Crippen LogP contribution in [-0.4, -0.2) is 32.9 Å². The van der Waals surface area contributed by atoms with E-state index < -0.39 is 23.9 Å². The lowest BCUT2D eigenvalue weighted by molar-refractivity contribution is 0.0279. The first-order chi connectivity index (χ1) is 16.4. The molecule has 0 spiro atoms. The Morgan fingerprint density at radius 2 is 1.79 bits per heavy atom. The van der Waals surface area contributed by atoms with Crippen LogP contribution < -0.4 is 0 Å². The molecule has 0 N–H and O–H groups in total. The number of ether oxygens (including phenoxy) is 1. The Morgan fingerprint density at radius 1 is 1.03 bits per heavy atom. The van der Waals surface area contributed by atoms with Crippen molar-refractivity contribution in [1.29, 1.82) is 0 Å². The molecule has 0 saturated heterocycles. The first-order valence-corrected chi connectivity index (χ1v) is 10.5. The number of amides is 2. The van der Waals surface area contributed by atoms with Gasteiger partial charge in [0.15, 0.2) is 6.10 Å². The molecule has 0 aliphatic carbocycles. The molecule has 34 heavy (non-hydrogen) atoms. The van der Waals surface area contributed by atoms with Crippen LogP contribution in [0.1, 0.15) is 61.3 Å². The molecule has 2 aromatic carbocycles. The van der Waals surface area contributed by atoms with Crippen LogP contribution in [0.4, 0.5) is 0 Å². The van der Waals surface area contributed by atoms with Crippen LogP contribution in [0.25, 0.3) is 11.5 Å². The van der Waals surface area contributed by atoms with Gasteiger partial charge in [0.05, 0.1) is 29.5 Å². The molecule has 0 fully saturated rings. The Labute approximate surface area is 194 Å². The van der Waals surface area contributed by atoms with Gasteiger partial charge >= 0.3 is 5.97 Å². The third-order valence-corrected chi connectivity index (χ3v) is 5.47. The molecule has 9 heteroatoms. The molecule has 4 aromatic rings. The first-order valence-electron chi connectivity index (χ1n) is 10.5. The van der Waals surface area contributed by atoms with E-state index in [0.29, 0.717) is 11.7 Å². The molecule has 0 bridgehead atoms. The lowest BCUT2D eigenvalue weighted by Gasteiger charge is -2.11. The van der Waals surface area contributed by atoms with Crippen molar-refractivity contribution in [3.63, 3.8) is 0 Å². The Balaban J connectivity index is 1.30. The summed E-state index contributed by atoms with van der Waals surface area (Å²) in [5.74, 6) is -0.697. The summed E-state index contributed by atoms with van der Waals surface area (Å²) in [6, 6.07) is 15.2. The summed E-state index contributed by atoms with van der Waals surface area (Å²) in [7, 11) is 0. The number of imide groups is 1. The highest BCUT2D eigenvalue weighted by Gasteiger charge is 2.36. The zero-order chi connectivity index (χ0) is 23.8. The van der Waals surface area contributed by atoms with Crippen LogP contribution in [0.5, 0.6) is 0 Å². The average Bonchev–Trinajstić information content (AvgIpc) is 3.58. The Hall–Kier alpha value is -4.53. The summed E-state index contributed by atoms with van der Waals surface area (Å²) in [6.07, 6.45) is 0.649. The molecule has 2 aromatic heterocycles. The number of hydrogen-bond acceptors (Lipinski definition) is 8. The van der Waals surface area contributed by atoms with Gasteiger partial charge in [-0.3, -0.25) is 14.5 Å². The van der Waals surface area contributed by atoms with Crippen LogP contribution in [0.2, 0.25) is 0 Å². The number of benzene rings is 2. The molecule has 0 radical (unpaired) electrons. The number of carbonyl (C=O) groups is 3. The van der Waals surface area contributed by atoms with Gasteiger partial charge in [-0.05, 0) is 56.3 Å². The topological polar surface area (TPSA) is 116 Å². The maximum absolute atomic E-state index is 12.8. The number of aryl methyl sites for hydroxylation is 1. The third-order valence-electron chi connectivity index (χ3n) is 5.47. The fraction of sp³-hybridized carbons (Fsp3) is 0.160. The Kier molecular flexibility index (Phi) is 5.29. The number of aromatic nitrogens is 2. The predicted molar refractivity (Wildman–Crippen MR) is 118 cm³/mol. The molecule has 1 unspecified atom stereocenters. The smallest absolute Gasteiger partial charge is 0.338 e. The molecular formula is C25H19N3O6. The lowest BCUT2D eigenvalue weighted by atomic mass is 10.1. The summed E-state index contributed by atoms with van der Waals surface area (Å²) in [5.41, 5.74) is 2.34. The molecule has 3 heterocycles. The molecule has 0 saturated carbocycles. The van der Waals surface area contributed by atoms with Gasteiger partial charge < -0.3 is 13.6 Å². The van der Waals surface area contributed by atoms with Gasteiger partial charge in [-0.1, -0.05) is 17.7 Å². The average molecular weight is 457 g/mol. The van der Waals surface area contributed by atoms with Crippen molar-refractivity contribution in [2.24, 2.45) is 0 Å². The van der Waals surface area contributed by atoms with Crippen molar-refractivity contribution >= 4 is 17.8 Å². The van der Waals surface area contributed by atoms with Gasteiger partial charge in [0.2, 0.25) is 5.89 Å². The quantitative estimate of drug-likeness (QED) is 0.310. The van der Waals surface area contributed by atoms with Crippen molar-refractivity contribution in [3.8, 4) is 11.5 Å². The van der Waals surface area contributed by atoms with Gasteiger partial charge in [-0.2, -0.15) is 0 Å². The van der Waals surface area contributed by atoms with E-state index in [1.165, 1.54) is 24.5 Å². The SMILES string of the molecule is Cc1ccc(-c2nnc(C(C)OC(=O)c3ccc4c(c3)C(=O)N(Cc3ccco3)C4=O)o2)cc1. The van der Waals surface area contributed by atoms with Crippen molar-refractivity contribution in [3.05, 3.63) is 94.8 Å². The minimum atomic E-state index is -0.819. The zero-order valence-corrected chi connectivity index (χ0v) is 18.3. The highest BCUT2D eigenvalue weighted by atomic mass is 16.6. The largest absolute Gasteiger partial charge is 0.467 e. The minimum Gasteiger partial charge on any atom is -0.467 e. The van der Waals surface area contributed by atoms with E-state index in [1.807, 2.05) is 31.2 Å². The Bertz CT molecular complexity index is 1390. The van der Waals surface area contributed by atoms with Crippen LogP contribution in [-0.2, 0) is 11.3 Å². The fourth-order valence-electron chi connectivity index (χ4n) is 3.61. The second-order valence-corrected chi connectivity index (χ2v) is 7.90. The van der Waals surface area contributed by atoms with E-state index in [0.717, 1.165) is 16.0 Å². The van der Waals surface area contributed by atoms with E-state index in [2.05, 4.69) is 10.2 Å². The number of nitrogens with zero attached hydrogens (tertiary/aromatic N) is 3. The molecule has 1 aliphatic heterocycles. The van der Waals surface area contributed by atoms with Gasteiger partial charge in [-0.25, -0.2) is 4.79 Å². The number of furan rings is 1. The Morgan fingerprint density at radius 3 is 2.53 bits per heavy atom. The maximum Gasteiger partial charge on any atom is 0.338 e. The summed E-state index contributed by atoms with van der Waals surface area (Å²) >= 11 is 0. The molecule has 2 amide bonds. The van der Waals surface area contributed by atoms with E-state index in [9.17, 15) is 14.4 Å². The highest BCUT2D eigenvalue weighted by molar-refractivity contribution is 6.21. The normalized spacial score (nSPS) is 13.8. The van der Waals surface area contributed by atoms with E-state index in [4.69, 9.17) is 13.6 Å². The highest BCUT2D eigenvalue weighted by Crippen LogP contribution is 2.27. The third kappa shape index (κ3) is 3.88. The molecule has 9 nitrogen and oxygen atoms in total. The van der Waals surface area contributed by atoms with Crippen molar-refractivity contribution < 1.29 is 28.0 Å². The summed E-state index contributed by atoms with van der Waals surface area (Å²) in [5, 5.41) is 8.00. The summed E-state index contributed by atoms with van der Waals surface area (Å²) in [6.45, 7) is 3.59. The molecule has 170 valence electrons. The predicted octanol–water partition coefficient (Wildman–Crippen LogP) is 4.35. The minimum absolute atomic E-state index is 0.0106. The van der Waals surface area contributed by atoms with Gasteiger partial charge in [0, 0.05) is 5.56 Å². The maximum atomic E-state index is 12.8. The monoisotopic (exact) mass is 457 g/mol. The van der Waals surface area contributed by atoms with Gasteiger partial charge in [0.25, 0.3) is 17.7 Å². The molecular weight excluding hydrogens is 438 g/mol. The second-order valence-electron chi connectivity index (χ2n) is 7.90. The van der Waals surface area contributed by atoms with Crippen molar-refractivity contribution in [2.45, 2.75) is 26.5 Å². The van der Waals surface area contributed by atoms with Crippen LogP contribution >= 0.6 is 0 Å². The standard InChI is InChI=1S/C25H19N3O6/c1-14-5-7-16(8-6-14)22-27-26-21(34-22)15(2)33-25(31)17-9-10-19-20(12-17)24(30)28(23(19)29)13-18-4-3-11-32-18/h3-12,15H,13H2,1-2H3. The van der Waals surface area contributed by atoms with E-state index >= 15 is 0 Å². The summed E-state index contributed by atoms with van der Waals surface area (Å²) in [4.78, 5) is 39.2.